The van der Waals surface area contributed by atoms with Crippen molar-refractivity contribution in [3.63, 3.8) is 0 Å². The van der Waals surface area contributed by atoms with E-state index >= 15 is 0 Å². The predicted octanol–water partition coefficient (Wildman–Crippen LogP) is 4.17. The van der Waals surface area contributed by atoms with Gasteiger partial charge in [-0.15, -0.1) is 0 Å². The Morgan fingerprint density at radius 2 is 1.39 bits per heavy atom. The monoisotopic (exact) mass is 464 g/mol. The van der Waals surface area contributed by atoms with Crippen molar-refractivity contribution in [2.24, 2.45) is 0 Å². The summed E-state index contributed by atoms with van der Waals surface area (Å²) in [5.41, 5.74) is 3.31. The number of hydrogen-bond acceptors (Lipinski definition) is 4. The highest BCUT2D eigenvalue weighted by molar-refractivity contribution is 7.92. The molecule has 0 spiro atoms. The lowest BCUT2D eigenvalue weighted by Gasteiger charge is -2.10. The maximum Gasteiger partial charge on any atom is 0.323 e. The molecule has 0 bridgehead atoms. The van der Waals surface area contributed by atoms with Crippen molar-refractivity contribution in [3.05, 3.63) is 95.4 Å². The van der Waals surface area contributed by atoms with Gasteiger partial charge in [-0.3, -0.25) is 4.79 Å². The number of benzene rings is 3. The second-order valence-corrected chi connectivity index (χ2v) is 8.80. The third-order valence-corrected chi connectivity index (χ3v) is 5.43. The van der Waals surface area contributed by atoms with E-state index in [9.17, 15) is 18.0 Å². The molecule has 0 atom stereocenters. The summed E-state index contributed by atoms with van der Waals surface area (Å²) >= 11 is 0. The SMILES string of the molecule is Cc1ccc(/C=C/S(=O)(=O)NCC(=O)Nc2cccc(NC(=O)Nc3ccccc3)c2)cc1. The average molecular weight is 465 g/mol. The molecular weight excluding hydrogens is 440 g/mol. The van der Waals surface area contributed by atoms with Crippen LogP contribution in [0.4, 0.5) is 21.9 Å². The number of anilines is 3. The van der Waals surface area contributed by atoms with Gasteiger partial charge in [0.25, 0.3) is 0 Å². The Balaban J connectivity index is 1.50. The number of nitrogens with one attached hydrogen (secondary N) is 4. The molecule has 0 aliphatic heterocycles. The zero-order valence-electron chi connectivity index (χ0n) is 17.9. The van der Waals surface area contributed by atoms with Gasteiger partial charge in [0.2, 0.25) is 15.9 Å². The van der Waals surface area contributed by atoms with Crippen LogP contribution in [0, 0.1) is 6.92 Å². The second-order valence-electron chi connectivity index (χ2n) is 7.15. The van der Waals surface area contributed by atoms with Crippen LogP contribution < -0.4 is 20.7 Å². The fourth-order valence-electron chi connectivity index (χ4n) is 2.75. The van der Waals surface area contributed by atoms with Crippen molar-refractivity contribution >= 4 is 45.1 Å². The Hall–Kier alpha value is -3.95. The number of carbonyl (C=O) groups excluding carboxylic acids is 2. The largest absolute Gasteiger partial charge is 0.325 e. The lowest BCUT2D eigenvalue weighted by Crippen LogP contribution is -2.31. The molecule has 33 heavy (non-hydrogen) atoms. The minimum Gasteiger partial charge on any atom is -0.325 e. The first-order valence-corrected chi connectivity index (χ1v) is 11.6. The number of sulfonamides is 1. The maximum atomic E-state index is 12.2. The van der Waals surface area contributed by atoms with Crippen LogP contribution in [0.25, 0.3) is 6.08 Å². The summed E-state index contributed by atoms with van der Waals surface area (Å²) in [6.07, 6.45) is 1.45. The van der Waals surface area contributed by atoms with Gasteiger partial charge in [-0.25, -0.2) is 17.9 Å². The van der Waals surface area contributed by atoms with Crippen LogP contribution in [-0.4, -0.2) is 26.9 Å². The minimum absolute atomic E-state index is 0.409. The quantitative estimate of drug-likeness (QED) is 0.400. The molecule has 0 saturated heterocycles. The fraction of sp³-hybridized carbons (Fsp3) is 0.0833. The third kappa shape index (κ3) is 8.24. The minimum atomic E-state index is -3.79. The van der Waals surface area contributed by atoms with E-state index in [2.05, 4.69) is 20.7 Å². The number of carbonyl (C=O) groups is 2. The first kappa shape index (κ1) is 23.7. The lowest BCUT2D eigenvalue weighted by atomic mass is 10.2. The van der Waals surface area contributed by atoms with Crippen LogP contribution in [0.1, 0.15) is 11.1 Å². The Labute approximate surface area is 192 Å². The van der Waals surface area contributed by atoms with E-state index in [0.717, 1.165) is 16.5 Å². The standard InChI is InChI=1S/C24H24N4O4S/c1-18-10-12-19(13-11-18)14-15-33(31,32)25-17-23(29)26-21-8-5-9-22(16-21)28-24(30)27-20-6-3-2-4-7-20/h2-16,25H,17H2,1H3,(H,26,29)(H2,27,28,30)/b15-14+. The number of amides is 3. The molecule has 0 unspecified atom stereocenters. The summed E-state index contributed by atoms with van der Waals surface area (Å²) < 4.78 is 26.5. The van der Waals surface area contributed by atoms with Gasteiger partial charge < -0.3 is 16.0 Å². The Morgan fingerprint density at radius 1 is 0.788 bits per heavy atom. The Bertz CT molecular complexity index is 1240. The summed E-state index contributed by atoms with van der Waals surface area (Å²) in [4.78, 5) is 24.3. The number of rotatable bonds is 8. The molecule has 170 valence electrons. The zero-order chi connectivity index (χ0) is 23.7. The van der Waals surface area contributed by atoms with Crippen molar-refractivity contribution in [2.75, 3.05) is 22.5 Å². The number of hydrogen-bond donors (Lipinski definition) is 4. The molecule has 3 rings (SSSR count). The molecule has 0 aliphatic rings. The van der Waals surface area contributed by atoms with Crippen molar-refractivity contribution < 1.29 is 18.0 Å². The molecule has 0 radical (unpaired) electrons. The highest BCUT2D eigenvalue weighted by atomic mass is 32.2. The average Bonchev–Trinajstić information content (AvgIpc) is 2.78. The lowest BCUT2D eigenvalue weighted by molar-refractivity contribution is -0.115. The van der Waals surface area contributed by atoms with Gasteiger partial charge in [0, 0.05) is 22.5 Å². The van der Waals surface area contributed by atoms with E-state index in [1.807, 2.05) is 25.1 Å². The van der Waals surface area contributed by atoms with E-state index in [4.69, 9.17) is 0 Å². The van der Waals surface area contributed by atoms with Gasteiger partial charge in [0.1, 0.15) is 0 Å². The second kappa shape index (κ2) is 11.1. The van der Waals surface area contributed by atoms with Crippen molar-refractivity contribution in [1.29, 1.82) is 0 Å². The zero-order valence-corrected chi connectivity index (χ0v) is 18.7. The van der Waals surface area contributed by atoms with Gasteiger partial charge in [-0.2, -0.15) is 0 Å². The molecule has 4 N–H and O–H groups in total. The molecule has 0 aromatic heterocycles. The maximum absolute atomic E-state index is 12.2. The van der Waals surface area contributed by atoms with Crippen LogP contribution in [0.15, 0.2) is 84.3 Å². The van der Waals surface area contributed by atoms with Gasteiger partial charge >= 0.3 is 6.03 Å². The third-order valence-electron chi connectivity index (χ3n) is 4.39. The van der Waals surface area contributed by atoms with Crippen LogP contribution in [-0.2, 0) is 14.8 Å². The van der Waals surface area contributed by atoms with E-state index in [-0.39, 0.29) is 0 Å². The summed E-state index contributed by atoms with van der Waals surface area (Å²) in [6, 6.07) is 22.4. The summed E-state index contributed by atoms with van der Waals surface area (Å²) in [7, 11) is -3.79. The normalized spacial score (nSPS) is 11.2. The number of para-hydroxylation sites is 1. The molecule has 3 amide bonds. The van der Waals surface area contributed by atoms with Crippen LogP contribution >= 0.6 is 0 Å². The molecule has 0 saturated carbocycles. The summed E-state index contributed by atoms with van der Waals surface area (Å²) in [6.45, 7) is 1.50. The molecule has 9 heteroatoms. The van der Waals surface area contributed by atoms with Gasteiger partial charge in [-0.1, -0.05) is 54.1 Å². The highest BCUT2D eigenvalue weighted by Gasteiger charge is 2.10. The topological polar surface area (TPSA) is 116 Å². The molecular formula is C24H24N4O4S. The number of aryl methyl sites for hydroxylation is 1. The van der Waals surface area contributed by atoms with Gasteiger partial charge in [-0.05, 0) is 48.9 Å². The molecule has 0 aliphatic carbocycles. The highest BCUT2D eigenvalue weighted by Crippen LogP contribution is 2.16. The molecule has 3 aromatic rings. The van der Waals surface area contributed by atoms with Crippen molar-refractivity contribution in [1.82, 2.24) is 4.72 Å². The predicted molar refractivity (Wildman–Crippen MR) is 131 cm³/mol. The van der Waals surface area contributed by atoms with E-state index in [1.165, 1.54) is 6.08 Å². The van der Waals surface area contributed by atoms with Gasteiger partial charge in [0.05, 0.1) is 6.54 Å². The fourth-order valence-corrected chi connectivity index (χ4v) is 3.52. The number of urea groups is 1. The van der Waals surface area contributed by atoms with E-state index in [0.29, 0.717) is 17.1 Å². The first-order chi connectivity index (χ1) is 15.8. The first-order valence-electron chi connectivity index (χ1n) is 10.1. The molecule has 8 nitrogen and oxygen atoms in total. The Morgan fingerprint density at radius 3 is 2.09 bits per heavy atom. The summed E-state index contributed by atoms with van der Waals surface area (Å²) in [5, 5.41) is 8.98. The van der Waals surface area contributed by atoms with E-state index in [1.54, 1.807) is 60.7 Å². The smallest absolute Gasteiger partial charge is 0.323 e. The molecule has 0 fully saturated rings. The summed E-state index contributed by atoms with van der Waals surface area (Å²) in [5.74, 6) is -0.548. The van der Waals surface area contributed by atoms with Crippen LogP contribution in [0.3, 0.4) is 0 Å². The molecule has 0 heterocycles. The Kier molecular flexibility index (Phi) is 7.96. The van der Waals surface area contributed by atoms with Crippen molar-refractivity contribution in [2.45, 2.75) is 6.92 Å². The van der Waals surface area contributed by atoms with Crippen LogP contribution in [0.5, 0.6) is 0 Å². The molecule has 3 aromatic carbocycles. The van der Waals surface area contributed by atoms with Crippen molar-refractivity contribution in [3.8, 4) is 0 Å². The van der Waals surface area contributed by atoms with E-state index < -0.39 is 28.5 Å². The van der Waals surface area contributed by atoms with Gasteiger partial charge in [0.15, 0.2) is 0 Å². The van der Waals surface area contributed by atoms with Crippen LogP contribution in [0.2, 0.25) is 0 Å².